The second-order valence-electron chi connectivity index (χ2n) is 0. The summed E-state index contributed by atoms with van der Waals surface area (Å²) in [4.78, 5) is 0. The van der Waals surface area contributed by atoms with Crippen molar-refractivity contribution < 1.29 is 152 Å². The molecule has 0 atom stereocenters. The summed E-state index contributed by atoms with van der Waals surface area (Å²) in [6.45, 7) is 0. The van der Waals surface area contributed by atoms with E-state index >= 15 is 0 Å². The molecule has 80 valence electrons. The summed E-state index contributed by atoms with van der Waals surface area (Å²) in [5, 5.41) is 0. The van der Waals surface area contributed by atoms with Gasteiger partial charge in [0, 0.05) is 0 Å². The largest absolute Gasteiger partial charge is 3.00 e. The fourth-order valence-corrected chi connectivity index (χ4v) is 0. The Labute approximate surface area is 236 Å². The molecule has 0 aliphatic carbocycles. The zero-order valence-corrected chi connectivity index (χ0v) is 19.2. The van der Waals surface area contributed by atoms with E-state index in [0.717, 1.165) is 0 Å². The maximum atomic E-state index is 0. The average Bonchev–Trinajstić information content (AvgIpc) is 0. The van der Waals surface area contributed by atoms with E-state index in [1.807, 2.05) is 0 Å². The number of hydrogen-bond donors (Lipinski definition) is 0. The normalized spacial score (nSPS) is 0. The fraction of sp³-hybridized carbons (Fsp3) is 0. The van der Waals surface area contributed by atoms with Gasteiger partial charge in [0.2, 0.25) is 0 Å². The summed E-state index contributed by atoms with van der Waals surface area (Å²) < 4.78 is 0. The van der Waals surface area contributed by atoms with Crippen LogP contribution in [0.1, 0.15) is 0 Å². The van der Waals surface area contributed by atoms with Gasteiger partial charge in [-0.15, -0.1) is 0 Å². The van der Waals surface area contributed by atoms with Crippen LogP contribution in [0.3, 0.4) is 0 Å². The molecule has 13 heavy (non-hydrogen) atoms. The molecular weight excluding hydrogens is 720 g/mol. The predicted molar refractivity (Wildman–Crippen MR) is 16.3 cm³/mol. The SMILES string of the molecule is [Co+2].[Co+2].[Gd+3].[Gd+3].[O-2].[O-2].[O-2].[O-2].[O-2].[O-2].[O-2].[Sr+2].[Sr+2]. The van der Waals surface area contributed by atoms with Crippen LogP contribution in [0.4, 0.5) is 0 Å². The van der Waals surface area contributed by atoms with Crippen molar-refractivity contribution in [2.75, 3.05) is 0 Å². The van der Waals surface area contributed by atoms with E-state index in [2.05, 4.69) is 0 Å². The van der Waals surface area contributed by atoms with Crippen LogP contribution in [0.5, 0.6) is 0 Å². The molecule has 0 aromatic rings. The number of hydrogen-bond acceptors (Lipinski definition) is 0. The predicted octanol–water partition coefficient (Wildman–Crippen LogP) is -1.60. The zero-order chi connectivity index (χ0) is 0. The van der Waals surface area contributed by atoms with Gasteiger partial charge in [-0.1, -0.05) is 0 Å². The van der Waals surface area contributed by atoms with E-state index in [1.165, 1.54) is 0 Å². The Hall–Kier alpha value is 6.34. The quantitative estimate of drug-likeness (QED) is 0.260. The van der Waals surface area contributed by atoms with Crippen LogP contribution < -0.4 is 0 Å². The van der Waals surface area contributed by atoms with E-state index in [4.69, 9.17) is 0 Å². The molecule has 0 aromatic heterocycles. The average molecular weight is 720 g/mol. The molecule has 0 rings (SSSR count). The third-order valence-electron chi connectivity index (χ3n) is 0. The molecule has 0 heterocycles. The van der Waals surface area contributed by atoms with Gasteiger partial charge in [0.15, 0.2) is 0 Å². The van der Waals surface area contributed by atoms with E-state index in [0.29, 0.717) is 0 Å². The Balaban J connectivity index is 0. The Morgan fingerprint density at radius 2 is 0.308 bits per heavy atom. The van der Waals surface area contributed by atoms with Crippen LogP contribution in [0, 0.1) is 79.9 Å². The Morgan fingerprint density at radius 1 is 0.308 bits per heavy atom. The summed E-state index contributed by atoms with van der Waals surface area (Å²) >= 11 is 0. The molecule has 13 heteroatoms. The second-order valence-corrected chi connectivity index (χ2v) is 0. The maximum absolute atomic E-state index is 0. The standard InChI is InChI=1S/2Co.2Gd.7O.2Sr/q2*+2;2*+3;7*-2;2*+2. The molecular formula is Co2Gd2O7Sr2. The van der Waals surface area contributed by atoms with Crippen molar-refractivity contribution in [2.24, 2.45) is 0 Å². The molecule has 0 amide bonds. The monoisotopic (exact) mass is 721 g/mol. The molecule has 0 bridgehead atoms. The Kier molecular flexibility index (Phi) is 1710. The zero-order valence-electron chi connectivity index (χ0n) is 5.65. The van der Waals surface area contributed by atoms with Crippen LogP contribution in [0.2, 0.25) is 0 Å². The molecule has 0 aromatic carbocycles. The van der Waals surface area contributed by atoms with Gasteiger partial charge in [0.05, 0.1) is 0 Å². The Bertz CT molecular complexity index is 22.5. The van der Waals surface area contributed by atoms with Crippen molar-refractivity contribution in [3.63, 3.8) is 0 Å². The molecule has 0 aliphatic rings. The first-order chi connectivity index (χ1) is 0. The van der Waals surface area contributed by atoms with Crippen molar-refractivity contribution in [3.05, 3.63) is 0 Å². The summed E-state index contributed by atoms with van der Waals surface area (Å²) in [5.41, 5.74) is 0. The second kappa shape index (κ2) is 137. The van der Waals surface area contributed by atoms with E-state index < -0.39 is 0 Å². The van der Waals surface area contributed by atoms with Crippen molar-refractivity contribution in [1.29, 1.82) is 0 Å². The summed E-state index contributed by atoms with van der Waals surface area (Å²) in [5.74, 6) is 0. The molecule has 7 nitrogen and oxygen atoms in total. The third-order valence-corrected chi connectivity index (χ3v) is 0. The minimum absolute atomic E-state index is 0. The first kappa shape index (κ1) is 162. The molecule has 0 fully saturated rings. The van der Waals surface area contributed by atoms with Gasteiger partial charge in [0.1, 0.15) is 0 Å². The van der Waals surface area contributed by atoms with E-state index in [1.54, 1.807) is 0 Å². The van der Waals surface area contributed by atoms with Gasteiger partial charge < -0.3 is 38.3 Å². The molecule has 0 unspecified atom stereocenters. The van der Waals surface area contributed by atoms with Gasteiger partial charge in [-0.2, -0.15) is 0 Å². The van der Waals surface area contributed by atoms with Gasteiger partial charge in [-0.3, -0.25) is 0 Å². The van der Waals surface area contributed by atoms with Crippen molar-refractivity contribution >= 4 is 91.0 Å². The fourth-order valence-electron chi connectivity index (χ4n) is 0. The van der Waals surface area contributed by atoms with Crippen LogP contribution in [0.15, 0.2) is 0 Å². The van der Waals surface area contributed by atoms with Crippen LogP contribution in [0.25, 0.3) is 0 Å². The van der Waals surface area contributed by atoms with Gasteiger partial charge in [-0.05, 0) is 0 Å². The van der Waals surface area contributed by atoms with Gasteiger partial charge >= 0.3 is 204 Å². The molecule has 0 aliphatic heterocycles. The van der Waals surface area contributed by atoms with Crippen LogP contribution in [-0.2, 0) is 71.9 Å². The first-order valence-corrected chi connectivity index (χ1v) is 0. The summed E-state index contributed by atoms with van der Waals surface area (Å²) in [6, 6.07) is 0. The molecule has 0 saturated heterocycles. The van der Waals surface area contributed by atoms with Crippen molar-refractivity contribution in [1.82, 2.24) is 0 Å². The molecule has 4 radical (unpaired) electrons. The topological polar surface area (TPSA) is 200 Å². The minimum atomic E-state index is 0. The van der Waals surface area contributed by atoms with Crippen LogP contribution in [-0.4, -0.2) is 91.0 Å². The summed E-state index contributed by atoms with van der Waals surface area (Å²) in [7, 11) is 0. The maximum Gasteiger partial charge on any atom is 3.00 e. The van der Waals surface area contributed by atoms with Crippen molar-refractivity contribution in [3.8, 4) is 0 Å². The molecule has 0 saturated carbocycles. The van der Waals surface area contributed by atoms with E-state index in [-0.39, 0.29) is 243 Å². The smallest absolute Gasteiger partial charge is 2.00 e. The Morgan fingerprint density at radius 3 is 0.308 bits per heavy atom. The van der Waals surface area contributed by atoms with Gasteiger partial charge in [-0.25, -0.2) is 0 Å². The first-order valence-electron chi connectivity index (χ1n) is 0. The third kappa shape index (κ3) is 122. The van der Waals surface area contributed by atoms with Crippen molar-refractivity contribution in [2.45, 2.75) is 0 Å². The summed E-state index contributed by atoms with van der Waals surface area (Å²) in [6.07, 6.45) is 0. The van der Waals surface area contributed by atoms with Crippen LogP contribution >= 0.6 is 0 Å². The molecule has 0 N–H and O–H groups in total. The van der Waals surface area contributed by atoms with E-state index in [9.17, 15) is 0 Å². The minimum Gasteiger partial charge on any atom is -2.00 e. The number of rotatable bonds is 0. The molecule has 0 spiro atoms. The van der Waals surface area contributed by atoms with Gasteiger partial charge in [0.25, 0.3) is 0 Å².